The van der Waals surface area contributed by atoms with Crippen molar-refractivity contribution in [1.82, 2.24) is 19.7 Å². The minimum atomic E-state index is -4.33. The molecule has 0 spiro atoms. The van der Waals surface area contributed by atoms with Crippen LogP contribution in [0.3, 0.4) is 0 Å². The molecule has 4 nitrogen and oxygen atoms in total. The second kappa shape index (κ2) is 9.10. The molecule has 8 heteroatoms. The number of aromatic amines is 1. The summed E-state index contributed by atoms with van der Waals surface area (Å²) in [6.45, 7) is 2.69. The summed E-state index contributed by atoms with van der Waals surface area (Å²) in [7, 11) is 0. The zero-order valence-corrected chi connectivity index (χ0v) is 18.4. The van der Waals surface area contributed by atoms with E-state index in [0.717, 1.165) is 67.1 Å². The molecule has 0 aliphatic carbocycles. The number of piperidine rings is 1. The summed E-state index contributed by atoms with van der Waals surface area (Å²) >= 11 is 0. The standard InChI is InChI=1S/C26H24F4N4/c27-22-5-1-19(2-6-22)24-15-25(32-31-24)20-10-12-33(13-11-20)16-18-9-14-34(17-18)23-7-3-21(4-8-23)26(28,29)30/h1-9,14-15,17,20H,10-13,16H2,(H,31,32). The van der Waals surface area contributed by atoms with E-state index in [-0.39, 0.29) is 5.82 Å². The predicted octanol–water partition coefficient (Wildman–Crippen LogP) is 6.40. The van der Waals surface area contributed by atoms with Crippen LogP contribution in [0.5, 0.6) is 0 Å². The lowest BCUT2D eigenvalue weighted by Gasteiger charge is -2.31. The summed E-state index contributed by atoms with van der Waals surface area (Å²) in [5.41, 5.74) is 3.99. The largest absolute Gasteiger partial charge is 0.416 e. The minimum Gasteiger partial charge on any atom is -0.324 e. The van der Waals surface area contributed by atoms with Crippen LogP contribution in [0, 0.1) is 5.82 Å². The first-order chi connectivity index (χ1) is 16.3. The van der Waals surface area contributed by atoms with E-state index in [1.165, 1.54) is 24.3 Å². The molecule has 5 rings (SSSR count). The number of rotatable bonds is 5. The summed E-state index contributed by atoms with van der Waals surface area (Å²) < 4.78 is 53.4. The van der Waals surface area contributed by atoms with Crippen LogP contribution < -0.4 is 0 Å². The van der Waals surface area contributed by atoms with Gasteiger partial charge in [-0.25, -0.2) is 4.39 Å². The smallest absolute Gasteiger partial charge is 0.324 e. The molecule has 3 heterocycles. The Morgan fingerprint density at radius 1 is 0.941 bits per heavy atom. The molecular weight excluding hydrogens is 444 g/mol. The number of nitrogens with one attached hydrogen (secondary N) is 1. The van der Waals surface area contributed by atoms with E-state index in [9.17, 15) is 17.6 Å². The fraction of sp³-hybridized carbons (Fsp3) is 0.269. The van der Waals surface area contributed by atoms with Crippen LogP contribution in [-0.2, 0) is 12.7 Å². The molecule has 0 amide bonds. The molecule has 2 aromatic carbocycles. The fourth-order valence-electron chi connectivity index (χ4n) is 4.49. The number of halogens is 4. The van der Waals surface area contributed by atoms with Crippen LogP contribution >= 0.6 is 0 Å². The first-order valence-corrected chi connectivity index (χ1v) is 11.2. The molecule has 1 fully saturated rings. The summed E-state index contributed by atoms with van der Waals surface area (Å²) in [4.78, 5) is 2.39. The van der Waals surface area contributed by atoms with Gasteiger partial charge in [-0.3, -0.25) is 10.00 Å². The third-order valence-electron chi connectivity index (χ3n) is 6.42. The minimum absolute atomic E-state index is 0.262. The summed E-state index contributed by atoms with van der Waals surface area (Å²) in [6, 6.07) is 15.6. The van der Waals surface area contributed by atoms with E-state index in [1.54, 1.807) is 12.1 Å². The van der Waals surface area contributed by atoms with Crippen LogP contribution in [0.25, 0.3) is 16.9 Å². The number of hydrogen-bond donors (Lipinski definition) is 1. The number of alkyl halides is 3. The maximum absolute atomic E-state index is 13.2. The van der Waals surface area contributed by atoms with E-state index in [4.69, 9.17) is 0 Å². The third-order valence-corrected chi connectivity index (χ3v) is 6.42. The van der Waals surface area contributed by atoms with Gasteiger partial charge in [-0.2, -0.15) is 18.3 Å². The Kier molecular flexibility index (Phi) is 6.00. The zero-order valence-electron chi connectivity index (χ0n) is 18.4. The number of aromatic nitrogens is 3. The van der Waals surface area contributed by atoms with Crippen LogP contribution in [0.2, 0.25) is 0 Å². The van der Waals surface area contributed by atoms with Crippen molar-refractivity contribution in [3.8, 4) is 16.9 Å². The average Bonchev–Trinajstić information content (AvgIpc) is 3.50. The van der Waals surface area contributed by atoms with E-state index in [0.29, 0.717) is 11.6 Å². The number of benzene rings is 2. The lowest BCUT2D eigenvalue weighted by molar-refractivity contribution is -0.137. The molecule has 0 saturated carbocycles. The summed E-state index contributed by atoms with van der Waals surface area (Å²) in [5, 5.41) is 7.55. The summed E-state index contributed by atoms with van der Waals surface area (Å²) in [6.07, 6.45) is 1.53. The third kappa shape index (κ3) is 4.92. The van der Waals surface area contributed by atoms with Gasteiger partial charge < -0.3 is 4.57 Å². The van der Waals surface area contributed by atoms with Gasteiger partial charge >= 0.3 is 6.18 Å². The zero-order chi connectivity index (χ0) is 23.7. The fourth-order valence-corrected chi connectivity index (χ4v) is 4.49. The van der Waals surface area contributed by atoms with Crippen molar-refractivity contribution in [2.24, 2.45) is 0 Å². The van der Waals surface area contributed by atoms with Crippen LogP contribution in [0.15, 0.2) is 73.1 Å². The van der Waals surface area contributed by atoms with Gasteiger partial charge in [0.1, 0.15) is 5.82 Å². The molecule has 4 aromatic rings. The Hall–Kier alpha value is -3.39. The van der Waals surface area contributed by atoms with Crippen LogP contribution in [0.4, 0.5) is 17.6 Å². The first kappa shape index (κ1) is 22.4. The SMILES string of the molecule is Fc1ccc(-c2cc(C3CCN(Cc4ccn(-c5ccc(C(F)(F)F)cc5)c4)CC3)[nH]n2)cc1. The van der Waals surface area contributed by atoms with Crippen molar-refractivity contribution in [2.75, 3.05) is 13.1 Å². The van der Waals surface area contributed by atoms with Crippen molar-refractivity contribution in [3.05, 3.63) is 95.7 Å². The normalized spacial score (nSPS) is 15.6. The summed E-state index contributed by atoms with van der Waals surface area (Å²) in [5.74, 6) is 0.135. The molecule has 1 aliphatic rings. The molecule has 176 valence electrons. The molecule has 0 atom stereocenters. The highest BCUT2D eigenvalue weighted by Gasteiger charge is 2.30. The molecule has 0 unspecified atom stereocenters. The number of likely N-dealkylation sites (tertiary alicyclic amines) is 1. The van der Waals surface area contributed by atoms with Gasteiger partial charge in [0.05, 0.1) is 11.3 Å². The predicted molar refractivity (Wildman–Crippen MR) is 122 cm³/mol. The molecule has 1 N–H and O–H groups in total. The number of nitrogens with zero attached hydrogens (tertiary/aromatic N) is 3. The van der Waals surface area contributed by atoms with E-state index >= 15 is 0 Å². The topological polar surface area (TPSA) is 36.9 Å². The van der Waals surface area contributed by atoms with Gasteiger partial charge in [-0.15, -0.1) is 0 Å². The van der Waals surface area contributed by atoms with E-state index in [2.05, 4.69) is 21.2 Å². The lowest BCUT2D eigenvalue weighted by Crippen LogP contribution is -2.32. The van der Waals surface area contributed by atoms with E-state index < -0.39 is 11.7 Å². The quantitative estimate of drug-likeness (QED) is 0.344. The van der Waals surface area contributed by atoms with E-state index in [1.807, 2.05) is 23.0 Å². The molecule has 0 bridgehead atoms. The highest BCUT2D eigenvalue weighted by atomic mass is 19.4. The van der Waals surface area contributed by atoms with Crippen molar-refractivity contribution in [2.45, 2.75) is 31.5 Å². The van der Waals surface area contributed by atoms with Gasteiger partial charge in [0.2, 0.25) is 0 Å². The number of H-pyrrole nitrogens is 1. The Bertz CT molecular complexity index is 1230. The van der Waals surface area contributed by atoms with Crippen molar-refractivity contribution >= 4 is 0 Å². The lowest BCUT2D eigenvalue weighted by atomic mass is 9.93. The maximum atomic E-state index is 13.2. The Morgan fingerprint density at radius 2 is 1.65 bits per heavy atom. The maximum Gasteiger partial charge on any atom is 0.416 e. The molecule has 2 aromatic heterocycles. The Morgan fingerprint density at radius 3 is 2.32 bits per heavy atom. The van der Waals surface area contributed by atoms with Gasteiger partial charge in [-0.05, 0) is 92.2 Å². The number of hydrogen-bond acceptors (Lipinski definition) is 2. The molecule has 1 saturated heterocycles. The van der Waals surface area contributed by atoms with Crippen LogP contribution in [-0.4, -0.2) is 32.8 Å². The van der Waals surface area contributed by atoms with Gasteiger partial charge in [0.25, 0.3) is 0 Å². The highest BCUT2D eigenvalue weighted by Crippen LogP contribution is 2.31. The molecule has 1 aliphatic heterocycles. The second-order valence-electron chi connectivity index (χ2n) is 8.74. The molecule has 0 radical (unpaired) electrons. The van der Waals surface area contributed by atoms with Crippen molar-refractivity contribution in [1.29, 1.82) is 0 Å². The van der Waals surface area contributed by atoms with Gasteiger partial charge in [0.15, 0.2) is 0 Å². The molecular formula is C26H24F4N4. The van der Waals surface area contributed by atoms with Crippen molar-refractivity contribution < 1.29 is 17.6 Å². The Balaban J connectivity index is 1.17. The van der Waals surface area contributed by atoms with Gasteiger partial charge in [-0.1, -0.05) is 0 Å². The highest BCUT2D eigenvalue weighted by molar-refractivity contribution is 5.59. The average molecular weight is 468 g/mol. The van der Waals surface area contributed by atoms with Gasteiger partial charge in [0, 0.05) is 41.8 Å². The van der Waals surface area contributed by atoms with Crippen molar-refractivity contribution in [3.63, 3.8) is 0 Å². The monoisotopic (exact) mass is 468 g/mol. The van der Waals surface area contributed by atoms with Crippen LogP contribution in [0.1, 0.15) is 35.6 Å². The Labute approximate surface area is 194 Å². The first-order valence-electron chi connectivity index (χ1n) is 11.2. The molecule has 34 heavy (non-hydrogen) atoms. The second-order valence-corrected chi connectivity index (χ2v) is 8.74.